The van der Waals surface area contributed by atoms with Crippen LogP contribution >= 0.6 is 0 Å². The van der Waals surface area contributed by atoms with Gasteiger partial charge >= 0.3 is 0 Å². The molecule has 0 fully saturated rings. The number of carbonyl (C=O) groups excluding carboxylic acids is 1. The summed E-state index contributed by atoms with van der Waals surface area (Å²) < 4.78 is 26.5. The lowest BCUT2D eigenvalue weighted by molar-refractivity contribution is -0.115. The predicted molar refractivity (Wildman–Crippen MR) is 101 cm³/mol. The molecule has 26 heavy (non-hydrogen) atoms. The summed E-state index contributed by atoms with van der Waals surface area (Å²) in [5.41, 5.74) is 1.54. The summed E-state index contributed by atoms with van der Waals surface area (Å²) in [6.45, 7) is 1.37. The summed E-state index contributed by atoms with van der Waals surface area (Å²) in [5.74, 6) is 0.412. The average Bonchev–Trinajstić information content (AvgIpc) is 2.68. The second-order valence-corrected chi connectivity index (χ2v) is 7.54. The molecule has 0 unspecified atom stereocenters. The van der Waals surface area contributed by atoms with E-state index in [1.165, 1.54) is 12.1 Å². The minimum atomic E-state index is -3.70. The van der Waals surface area contributed by atoms with Crippen molar-refractivity contribution in [2.45, 2.75) is 11.3 Å². The number of aliphatic imine (C=N–C) groups is 1. The highest BCUT2D eigenvalue weighted by Gasteiger charge is 2.15. The lowest BCUT2D eigenvalue weighted by Gasteiger charge is -2.15. The van der Waals surface area contributed by atoms with Crippen LogP contribution in [0.3, 0.4) is 0 Å². The van der Waals surface area contributed by atoms with E-state index in [9.17, 15) is 13.2 Å². The molecule has 7 nitrogen and oxygen atoms in total. The van der Waals surface area contributed by atoms with Crippen LogP contribution in [-0.4, -0.2) is 39.8 Å². The molecule has 0 spiro atoms. The fourth-order valence-electron chi connectivity index (χ4n) is 2.49. The highest BCUT2D eigenvalue weighted by Crippen LogP contribution is 2.11. The number of benzene rings is 2. The van der Waals surface area contributed by atoms with E-state index in [2.05, 4.69) is 20.3 Å². The molecule has 0 saturated carbocycles. The number of amidine groups is 1. The van der Waals surface area contributed by atoms with Crippen LogP contribution < -0.4 is 15.4 Å². The van der Waals surface area contributed by atoms with Gasteiger partial charge in [0, 0.05) is 24.3 Å². The van der Waals surface area contributed by atoms with Crippen LogP contribution in [0.5, 0.6) is 0 Å². The maximum Gasteiger partial charge on any atom is 0.241 e. The molecule has 1 heterocycles. The molecule has 1 aliphatic heterocycles. The van der Waals surface area contributed by atoms with Gasteiger partial charge in [-0.05, 0) is 42.8 Å². The number of sulfonamides is 1. The molecule has 0 atom stereocenters. The van der Waals surface area contributed by atoms with Gasteiger partial charge in [0.2, 0.25) is 15.9 Å². The third-order valence-electron chi connectivity index (χ3n) is 3.82. The van der Waals surface area contributed by atoms with Crippen LogP contribution in [-0.2, 0) is 14.8 Å². The average molecular weight is 372 g/mol. The molecule has 1 aliphatic rings. The highest BCUT2D eigenvalue weighted by molar-refractivity contribution is 7.89. The van der Waals surface area contributed by atoms with E-state index < -0.39 is 15.9 Å². The zero-order chi connectivity index (χ0) is 18.4. The number of amides is 1. The van der Waals surface area contributed by atoms with E-state index in [0.29, 0.717) is 5.69 Å². The van der Waals surface area contributed by atoms with E-state index in [1.807, 2.05) is 12.1 Å². The van der Waals surface area contributed by atoms with Gasteiger partial charge in [0.25, 0.3) is 0 Å². The molecule has 3 N–H and O–H groups in total. The van der Waals surface area contributed by atoms with Crippen molar-refractivity contribution < 1.29 is 13.2 Å². The molecule has 136 valence electrons. The van der Waals surface area contributed by atoms with Crippen LogP contribution in [0.4, 0.5) is 5.69 Å². The number of hydrogen-bond donors (Lipinski definition) is 3. The number of hydrogen-bond acceptors (Lipinski definition) is 5. The van der Waals surface area contributed by atoms with Crippen molar-refractivity contribution in [1.82, 2.24) is 10.0 Å². The summed E-state index contributed by atoms with van der Waals surface area (Å²) in [6.07, 6.45) is 1.02. The van der Waals surface area contributed by atoms with Crippen molar-refractivity contribution >= 4 is 27.5 Å². The van der Waals surface area contributed by atoms with Crippen molar-refractivity contribution in [2.75, 3.05) is 25.0 Å². The third kappa shape index (κ3) is 4.68. The maximum atomic E-state index is 12.1. The van der Waals surface area contributed by atoms with E-state index >= 15 is 0 Å². The van der Waals surface area contributed by atoms with E-state index in [-0.39, 0.29) is 11.4 Å². The Morgan fingerprint density at radius 2 is 1.81 bits per heavy atom. The predicted octanol–water partition coefficient (Wildman–Crippen LogP) is 1.34. The quantitative estimate of drug-likeness (QED) is 0.712. The minimum Gasteiger partial charge on any atom is -0.370 e. The van der Waals surface area contributed by atoms with E-state index in [4.69, 9.17) is 0 Å². The molecule has 8 heteroatoms. The smallest absolute Gasteiger partial charge is 0.241 e. The highest BCUT2D eigenvalue weighted by atomic mass is 32.2. The Hall–Kier alpha value is -2.71. The first kappa shape index (κ1) is 18.1. The van der Waals surface area contributed by atoms with Crippen LogP contribution in [0.15, 0.2) is 64.5 Å². The maximum absolute atomic E-state index is 12.1. The van der Waals surface area contributed by atoms with Gasteiger partial charge < -0.3 is 10.6 Å². The van der Waals surface area contributed by atoms with E-state index in [1.54, 1.807) is 30.3 Å². The van der Waals surface area contributed by atoms with E-state index in [0.717, 1.165) is 30.9 Å². The SMILES string of the molecule is O=C(CNS(=O)(=O)c1ccccc1)Nc1ccc(C2=NCCCN2)cc1. The first-order chi connectivity index (χ1) is 12.5. The first-order valence-corrected chi connectivity index (χ1v) is 9.76. The summed E-state index contributed by atoms with van der Waals surface area (Å²) in [5, 5.41) is 5.90. The first-order valence-electron chi connectivity index (χ1n) is 8.28. The number of carbonyl (C=O) groups is 1. The van der Waals surface area contributed by atoms with Gasteiger partial charge in [-0.2, -0.15) is 0 Å². The lowest BCUT2D eigenvalue weighted by Crippen LogP contribution is -2.33. The molecule has 0 aromatic heterocycles. The van der Waals surface area contributed by atoms with Crippen molar-refractivity contribution in [3.05, 3.63) is 60.2 Å². The molecule has 0 aliphatic carbocycles. The molecule has 2 aromatic carbocycles. The Morgan fingerprint density at radius 1 is 1.08 bits per heavy atom. The fourth-order valence-corrected chi connectivity index (χ4v) is 3.49. The molecule has 0 bridgehead atoms. The summed E-state index contributed by atoms with van der Waals surface area (Å²) >= 11 is 0. The molecular weight excluding hydrogens is 352 g/mol. The minimum absolute atomic E-state index is 0.123. The third-order valence-corrected chi connectivity index (χ3v) is 5.23. The Labute approximate surface area is 152 Å². The molecule has 0 radical (unpaired) electrons. The van der Waals surface area contributed by atoms with Crippen molar-refractivity contribution in [1.29, 1.82) is 0 Å². The van der Waals surface area contributed by atoms with Gasteiger partial charge in [0.15, 0.2) is 0 Å². The Bertz CT molecular complexity index is 894. The molecular formula is C18H20N4O3S. The number of nitrogens with one attached hydrogen (secondary N) is 3. The van der Waals surface area contributed by atoms with Crippen LogP contribution in [0, 0.1) is 0 Å². The zero-order valence-electron chi connectivity index (χ0n) is 14.1. The Morgan fingerprint density at radius 3 is 2.46 bits per heavy atom. The monoisotopic (exact) mass is 372 g/mol. The zero-order valence-corrected chi connectivity index (χ0v) is 14.9. The van der Waals surface area contributed by atoms with Crippen LogP contribution in [0.1, 0.15) is 12.0 Å². The standard InChI is InChI=1S/C18H20N4O3S/c23-17(13-21-26(24,25)16-5-2-1-3-6-16)22-15-9-7-14(8-10-15)18-19-11-4-12-20-18/h1-3,5-10,21H,4,11-13H2,(H,19,20)(H,22,23). The van der Waals surface area contributed by atoms with Crippen molar-refractivity contribution in [3.8, 4) is 0 Å². The molecule has 1 amide bonds. The second-order valence-electron chi connectivity index (χ2n) is 5.77. The number of nitrogens with zero attached hydrogens (tertiary/aromatic N) is 1. The van der Waals surface area contributed by atoms with Crippen LogP contribution in [0.2, 0.25) is 0 Å². The van der Waals surface area contributed by atoms with Crippen LogP contribution in [0.25, 0.3) is 0 Å². The summed E-state index contributed by atoms with van der Waals surface area (Å²) in [6, 6.07) is 15.2. The van der Waals surface area contributed by atoms with Gasteiger partial charge in [-0.1, -0.05) is 18.2 Å². The topological polar surface area (TPSA) is 99.7 Å². The number of anilines is 1. The normalized spacial score (nSPS) is 14.2. The molecule has 3 rings (SSSR count). The van der Waals surface area contributed by atoms with Gasteiger partial charge in [-0.3, -0.25) is 9.79 Å². The van der Waals surface area contributed by atoms with Gasteiger partial charge in [0.05, 0.1) is 11.4 Å². The molecule has 0 saturated heterocycles. The van der Waals surface area contributed by atoms with Gasteiger partial charge in [-0.25, -0.2) is 13.1 Å². The fraction of sp³-hybridized carbons (Fsp3) is 0.222. The van der Waals surface area contributed by atoms with Crippen molar-refractivity contribution in [2.24, 2.45) is 4.99 Å². The largest absolute Gasteiger partial charge is 0.370 e. The summed E-state index contributed by atoms with van der Waals surface area (Å²) in [7, 11) is -3.70. The Balaban J connectivity index is 1.56. The van der Waals surface area contributed by atoms with Gasteiger partial charge in [-0.15, -0.1) is 0 Å². The van der Waals surface area contributed by atoms with Gasteiger partial charge in [0.1, 0.15) is 5.84 Å². The summed E-state index contributed by atoms with van der Waals surface area (Å²) in [4.78, 5) is 16.5. The second kappa shape index (κ2) is 8.11. The number of rotatable bonds is 6. The Kier molecular flexibility index (Phi) is 5.65. The van der Waals surface area contributed by atoms with Crippen molar-refractivity contribution in [3.63, 3.8) is 0 Å². The lowest BCUT2D eigenvalue weighted by atomic mass is 10.1. The molecule has 2 aromatic rings.